The number of hydrogen-bond donors (Lipinski definition) is 1. The highest BCUT2D eigenvalue weighted by molar-refractivity contribution is 6.45. The van der Waals surface area contributed by atoms with Crippen LogP contribution in [0, 0.1) is 17.3 Å². The molecule has 1 aliphatic heterocycles. The molecule has 0 aromatic rings. The van der Waals surface area contributed by atoms with E-state index < -0.39 is 0 Å². The first kappa shape index (κ1) is 26.7. The van der Waals surface area contributed by atoms with Gasteiger partial charge in [0, 0.05) is 12.1 Å². The highest BCUT2D eigenvalue weighted by Crippen LogP contribution is 2.47. The molecule has 2 aliphatic rings. The zero-order valence-electron chi connectivity index (χ0n) is 22.1. The summed E-state index contributed by atoms with van der Waals surface area (Å²) in [5.41, 5.74) is -1.11. The first-order valence-electron chi connectivity index (χ1n) is 12.5. The van der Waals surface area contributed by atoms with E-state index in [1.165, 1.54) is 6.42 Å². The Balaban J connectivity index is 2.08. The quantitative estimate of drug-likeness (QED) is 0.535. The second-order valence-corrected chi connectivity index (χ2v) is 12.2. The summed E-state index contributed by atoms with van der Waals surface area (Å²) in [6.45, 7) is 24.4. The Morgan fingerprint density at radius 3 is 2.06 bits per heavy atom. The number of nitrogens with one attached hydrogen (secondary N) is 1. The lowest BCUT2D eigenvalue weighted by atomic mass is 9.61. The van der Waals surface area contributed by atoms with Crippen LogP contribution in [0.2, 0.25) is 6.32 Å². The van der Waals surface area contributed by atoms with Crippen molar-refractivity contribution in [3.63, 3.8) is 0 Å². The molecule has 1 unspecified atom stereocenters. The van der Waals surface area contributed by atoms with Crippen molar-refractivity contribution in [3.05, 3.63) is 0 Å². The predicted molar refractivity (Wildman–Crippen MR) is 130 cm³/mol. The van der Waals surface area contributed by atoms with E-state index in [0.717, 1.165) is 45.2 Å². The van der Waals surface area contributed by atoms with Gasteiger partial charge in [0.15, 0.2) is 0 Å². The lowest BCUT2D eigenvalue weighted by Crippen LogP contribution is -2.54. The van der Waals surface area contributed by atoms with Crippen LogP contribution in [0.4, 0.5) is 0 Å². The summed E-state index contributed by atoms with van der Waals surface area (Å²) in [5, 5.41) is 3.30. The van der Waals surface area contributed by atoms with Gasteiger partial charge in [-0.25, -0.2) is 0 Å². The number of carbonyl (C=O) groups is 1. The maximum atomic E-state index is 13.5. The Labute approximate surface area is 192 Å². The molecule has 1 saturated heterocycles. The van der Waals surface area contributed by atoms with Crippen molar-refractivity contribution in [3.8, 4) is 0 Å². The summed E-state index contributed by atoms with van der Waals surface area (Å²) in [6.07, 6.45) is 5.19. The molecule has 2 rings (SSSR count). The zero-order valence-corrected chi connectivity index (χ0v) is 22.1. The molecule has 0 radical (unpaired) electrons. The first-order chi connectivity index (χ1) is 14.1. The van der Waals surface area contributed by atoms with Crippen LogP contribution in [-0.4, -0.2) is 54.3 Å². The molecule has 1 aliphatic carbocycles. The summed E-state index contributed by atoms with van der Waals surface area (Å²) in [6, 6.07) is 0. The van der Waals surface area contributed by atoms with Gasteiger partial charge in [0.1, 0.15) is 0 Å². The lowest BCUT2D eigenvalue weighted by Gasteiger charge is -2.46. The standard InChI is InChI=1S/C25H49BN2O3/c1-11-28(12-2)18-20-14-13-19(17-25(20,10)21(29)27-22(3,4)5)15-16-26-30-23(6,7)24(8,9)31-26/h19-20H,11-18H2,1-10H3,(H,27,29)/t19-,20?,25-/m0/s1. The average Bonchev–Trinajstić information content (AvgIpc) is 2.84. The van der Waals surface area contributed by atoms with Gasteiger partial charge in [-0.15, -0.1) is 0 Å². The smallest absolute Gasteiger partial charge is 0.403 e. The third-order valence-electron chi connectivity index (χ3n) is 8.03. The van der Waals surface area contributed by atoms with Crippen LogP contribution in [0.3, 0.4) is 0 Å². The van der Waals surface area contributed by atoms with Crippen molar-refractivity contribution in [1.82, 2.24) is 10.2 Å². The molecule has 1 heterocycles. The van der Waals surface area contributed by atoms with Crippen molar-refractivity contribution in [2.24, 2.45) is 17.3 Å². The van der Waals surface area contributed by atoms with Crippen molar-refractivity contribution < 1.29 is 14.1 Å². The molecule has 0 spiro atoms. The van der Waals surface area contributed by atoms with Crippen molar-refractivity contribution in [2.45, 2.75) is 118 Å². The molecular weight excluding hydrogens is 387 g/mol. The Hall–Kier alpha value is -0.585. The van der Waals surface area contributed by atoms with Crippen LogP contribution in [-0.2, 0) is 14.1 Å². The van der Waals surface area contributed by atoms with Crippen LogP contribution in [0.25, 0.3) is 0 Å². The van der Waals surface area contributed by atoms with Crippen LogP contribution in [0.15, 0.2) is 0 Å². The molecule has 0 bridgehead atoms. The Kier molecular flexibility index (Phi) is 8.37. The molecule has 31 heavy (non-hydrogen) atoms. The molecule has 0 aromatic heterocycles. The van der Waals surface area contributed by atoms with E-state index in [1.54, 1.807) is 0 Å². The minimum absolute atomic E-state index is 0.145. The molecular formula is C25H49BN2O3. The summed E-state index contributed by atoms with van der Waals surface area (Å²) < 4.78 is 12.4. The predicted octanol–water partition coefficient (Wildman–Crippen LogP) is 5.15. The second-order valence-electron chi connectivity index (χ2n) is 12.2. The summed E-state index contributed by atoms with van der Waals surface area (Å²) in [4.78, 5) is 16.0. The molecule has 1 saturated carbocycles. The lowest BCUT2D eigenvalue weighted by molar-refractivity contribution is -0.139. The van der Waals surface area contributed by atoms with Gasteiger partial charge in [-0.2, -0.15) is 0 Å². The molecule has 6 heteroatoms. The van der Waals surface area contributed by atoms with Crippen LogP contribution in [0.5, 0.6) is 0 Å². The molecule has 3 atom stereocenters. The van der Waals surface area contributed by atoms with Crippen LogP contribution >= 0.6 is 0 Å². The second kappa shape index (κ2) is 9.73. The largest absolute Gasteiger partial charge is 0.457 e. The van der Waals surface area contributed by atoms with Gasteiger partial charge >= 0.3 is 7.12 Å². The van der Waals surface area contributed by atoms with E-state index in [4.69, 9.17) is 9.31 Å². The van der Waals surface area contributed by atoms with Gasteiger partial charge in [0.25, 0.3) is 0 Å². The highest BCUT2D eigenvalue weighted by Gasteiger charge is 2.51. The fraction of sp³-hybridized carbons (Fsp3) is 0.960. The van der Waals surface area contributed by atoms with E-state index in [1.807, 2.05) is 0 Å². The number of amides is 1. The van der Waals surface area contributed by atoms with Crippen molar-refractivity contribution in [2.75, 3.05) is 19.6 Å². The highest BCUT2D eigenvalue weighted by atomic mass is 16.7. The Morgan fingerprint density at radius 2 is 1.58 bits per heavy atom. The summed E-state index contributed by atoms with van der Waals surface area (Å²) >= 11 is 0. The van der Waals surface area contributed by atoms with E-state index >= 15 is 0 Å². The van der Waals surface area contributed by atoms with E-state index in [0.29, 0.717) is 11.8 Å². The van der Waals surface area contributed by atoms with E-state index in [2.05, 4.69) is 79.5 Å². The maximum absolute atomic E-state index is 13.5. The Bertz CT molecular complexity index is 596. The minimum Gasteiger partial charge on any atom is -0.403 e. The third kappa shape index (κ3) is 6.48. The van der Waals surface area contributed by atoms with Gasteiger partial charge < -0.3 is 19.5 Å². The zero-order chi connectivity index (χ0) is 23.7. The van der Waals surface area contributed by atoms with Gasteiger partial charge in [-0.1, -0.05) is 33.6 Å². The van der Waals surface area contributed by atoms with Crippen LogP contribution in [0.1, 0.15) is 94.9 Å². The van der Waals surface area contributed by atoms with Gasteiger partial charge in [0.2, 0.25) is 5.91 Å². The van der Waals surface area contributed by atoms with Gasteiger partial charge in [-0.3, -0.25) is 4.79 Å². The monoisotopic (exact) mass is 436 g/mol. The number of nitrogens with zero attached hydrogens (tertiary/aromatic N) is 1. The number of carbonyl (C=O) groups excluding carboxylic acids is 1. The minimum atomic E-state index is -0.339. The topological polar surface area (TPSA) is 50.8 Å². The number of rotatable bonds is 8. The van der Waals surface area contributed by atoms with Gasteiger partial charge in [0.05, 0.1) is 16.6 Å². The normalized spacial score (nSPS) is 30.6. The number of hydrogen-bond acceptors (Lipinski definition) is 4. The third-order valence-corrected chi connectivity index (χ3v) is 8.03. The molecule has 0 aromatic carbocycles. The van der Waals surface area contributed by atoms with Gasteiger partial charge in [-0.05, 0) is 92.6 Å². The fourth-order valence-corrected chi connectivity index (χ4v) is 5.17. The van der Waals surface area contributed by atoms with E-state index in [9.17, 15) is 4.79 Å². The molecule has 5 nitrogen and oxygen atoms in total. The summed E-state index contributed by atoms with van der Waals surface area (Å²) in [7, 11) is -0.145. The maximum Gasteiger partial charge on any atom is 0.457 e. The molecule has 1 amide bonds. The summed E-state index contributed by atoms with van der Waals surface area (Å²) in [5.74, 6) is 1.14. The van der Waals surface area contributed by atoms with Crippen LogP contribution < -0.4 is 5.32 Å². The van der Waals surface area contributed by atoms with E-state index in [-0.39, 0.29) is 35.2 Å². The molecule has 1 N–H and O–H groups in total. The van der Waals surface area contributed by atoms with Crippen molar-refractivity contribution >= 4 is 13.0 Å². The average molecular weight is 436 g/mol. The first-order valence-corrected chi connectivity index (χ1v) is 12.5. The molecule has 2 fully saturated rings. The SMILES string of the molecule is CCN(CC)CC1CC[C@@H](CCB2OC(C)(C)C(C)(C)O2)C[C@]1(C)C(=O)NC(C)(C)C. The molecule has 180 valence electrons. The fourth-order valence-electron chi connectivity index (χ4n) is 5.17. The van der Waals surface area contributed by atoms with Crippen molar-refractivity contribution in [1.29, 1.82) is 0 Å². The Morgan fingerprint density at radius 1 is 1.03 bits per heavy atom.